The van der Waals surface area contributed by atoms with Crippen LogP contribution >= 0.6 is 22.6 Å². The van der Waals surface area contributed by atoms with Crippen molar-refractivity contribution < 1.29 is 5.11 Å². The molecule has 0 aliphatic heterocycles. The van der Waals surface area contributed by atoms with Crippen LogP contribution < -0.4 is 0 Å². The van der Waals surface area contributed by atoms with Crippen LogP contribution in [0.5, 0.6) is 0 Å². The van der Waals surface area contributed by atoms with Gasteiger partial charge in [-0.1, -0.05) is 6.08 Å². The van der Waals surface area contributed by atoms with Crippen LogP contribution in [0, 0.1) is 0 Å². The lowest BCUT2D eigenvalue weighted by Gasteiger charge is -1.77. The normalized spacial score (nSPS) is 12.2. The first-order valence-electron chi connectivity index (χ1n) is 1.70. The van der Waals surface area contributed by atoms with Gasteiger partial charge in [0, 0.05) is 0 Å². The molecule has 0 aromatic carbocycles. The van der Waals surface area contributed by atoms with Crippen molar-refractivity contribution in [2.75, 3.05) is 6.61 Å². The molecule has 0 aliphatic carbocycles. The van der Waals surface area contributed by atoms with Gasteiger partial charge in [0.1, 0.15) is 0 Å². The van der Waals surface area contributed by atoms with Gasteiger partial charge in [0.15, 0.2) is 0 Å². The molecule has 0 atom stereocenters. The summed E-state index contributed by atoms with van der Waals surface area (Å²) in [6.07, 6.45) is 1.75. The Hall–Kier alpha value is 0.430. The number of halogens is 1. The quantitative estimate of drug-likeness (QED) is 0.630. The van der Waals surface area contributed by atoms with Gasteiger partial charge in [0.05, 0.1) is 6.61 Å². The van der Waals surface area contributed by atoms with Crippen molar-refractivity contribution in [3.63, 3.8) is 0 Å². The summed E-state index contributed by atoms with van der Waals surface area (Å²) in [5, 5.41) is 8.16. The second kappa shape index (κ2) is 3.61. The van der Waals surface area contributed by atoms with Crippen LogP contribution in [-0.4, -0.2) is 11.7 Å². The summed E-state index contributed by atoms with van der Waals surface area (Å²) in [4.78, 5) is 0. The molecule has 0 amide bonds. The van der Waals surface area contributed by atoms with Crippen LogP contribution in [0.1, 0.15) is 6.92 Å². The third-order valence-corrected chi connectivity index (χ3v) is 0.813. The second-order valence-electron chi connectivity index (χ2n) is 0.973. The standard InChI is InChI=1S/C4H7IO/c1-4(5)2-3-6/h2,6H,3H2,1H3. The van der Waals surface area contributed by atoms with Crippen LogP contribution in [0.3, 0.4) is 0 Å². The molecule has 1 N–H and O–H groups in total. The Kier molecular flexibility index (Phi) is 3.87. The highest BCUT2D eigenvalue weighted by Crippen LogP contribution is 1.99. The molecule has 0 bridgehead atoms. The minimum atomic E-state index is 0.161. The molecule has 0 aliphatic rings. The van der Waals surface area contributed by atoms with Crippen molar-refractivity contribution in [3.05, 3.63) is 9.66 Å². The summed E-state index contributed by atoms with van der Waals surface area (Å²) >= 11 is 2.14. The smallest absolute Gasteiger partial charge is 0.0622 e. The predicted octanol–water partition coefficient (Wildman–Crippen LogP) is 1.32. The van der Waals surface area contributed by atoms with Crippen molar-refractivity contribution in [2.24, 2.45) is 0 Å². The maximum absolute atomic E-state index is 8.16. The topological polar surface area (TPSA) is 20.2 Å². The van der Waals surface area contributed by atoms with Gasteiger partial charge in [-0.05, 0) is 33.1 Å². The van der Waals surface area contributed by atoms with Crippen molar-refractivity contribution in [1.29, 1.82) is 0 Å². The van der Waals surface area contributed by atoms with E-state index >= 15 is 0 Å². The molecule has 0 heterocycles. The van der Waals surface area contributed by atoms with E-state index in [2.05, 4.69) is 22.6 Å². The van der Waals surface area contributed by atoms with E-state index < -0.39 is 0 Å². The number of aliphatic hydroxyl groups excluding tert-OH is 1. The van der Waals surface area contributed by atoms with Crippen LogP contribution in [0.25, 0.3) is 0 Å². The molecule has 0 spiro atoms. The number of rotatable bonds is 1. The first kappa shape index (κ1) is 6.43. The molecule has 0 aromatic rings. The maximum Gasteiger partial charge on any atom is 0.0622 e. The van der Waals surface area contributed by atoms with E-state index in [-0.39, 0.29) is 6.61 Å². The number of hydrogen-bond donors (Lipinski definition) is 1. The molecule has 2 heteroatoms. The zero-order valence-corrected chi connectivity index (χ0v) is 5.77. The molecule has 0 saturated carbocycles. The Labute approximate surface area is 51.2 Å². The largest absolute Gasteiger partial charge is 0.392 e. The minimum absolute atomic E-state index is 0.161. The van der Waals surface area contributed by atoms with Crippen molar-refractivity contribution in [1.82, 2.24) is 0 Å². The Morgan fingerprint density at radius 2 is 2.50 bits per heavy atom. The fourth-order valence-electron chi connectivity index (χ4n) is 0.126. The lowest BCUT2D eigenvalue weighted by Crippen LogP contribution is -1.69. The minimum Gasteiger partial charge on any atom is -0.392 e. The van der Waals surface area contributed by atoms with Crippen LogP contribution in [0.15, 0.2) is 9.66 Å². The summed E-state index contributed by atoms with van der Waals surface area (Å²) in [7, 11) is 0. The van der Waals surface area contributed by atoms with Crippen molar-refractivity contribution >= 4 is 22.6 Å². The SMILES string of the molecule is CC(I)=CCO. The molecule has 0 rings (SSSR count). The summed E-state index contributed by atoms with van der Waals surface area (Å²) < 4.78 is 1.13. The summed E-state index contributed by atoms with van der Waals surface area (Å²) in [6.45, 7) is 2.10. The van der Waals surface area contributed by atoms with Gasteiger partial charge in [0.2, 0.25) is 0 Å². The van der Waals surface area contributed by atoms with Gasteiger partial charge in [-0.3, -0.25) is 0 Å². The lowest BCUT2D eigenvalue weighted by molar-refractivity contribution is 0.342. The molecule has 0 aromatic heterocycles. The van der Waals surface area contributed by atoms with Gasteiger partial charge >= 0.3 is 0 Å². The highest BCUT2D eigenvalue weighted by molar-refractivity contribution is 14.1. The van der Waals surface area contributed by atoms with E-state index in [1.807, 2.05) is 6.92 Å². The summed E-state index contributed by atoms with van der Waals surface area (Å²) in [5.74, 6) is 0. The van der Waals surface area contributed by atoms with Crippen LogP contribution in [0.4, 0.5) is 0 Å². The van der Waals surface area contributed by atoms with E-state index in [1.54, 1.807) is 6.08 Å². The maximum atomic E-state index is 8.16. The third-order valence-electron chi connectivity index (χ3n) is 0.373. The Bertz CT molecular complexity index is 54.6. The molecule has 0 fully saturated rings. The third kappa shape index (κ3) is 4.43. The fourth-order valence-corrected chi connectivity index (χ4v) is 0.323. The first-order chi connectivity index (χ1) is 2.77. The molecule has 1 nitrogen and oxygen atoms in total. The number of hydrogen-bond acceptors (Lipinski definition) is 1. The first-order valence-corrected chi connectivity index (χ1v) is 2.78. The molecule has 0 radical (unpaired) electrons. The van der Waals surface area contributed by atoms with Crippen molar-refractivity contribution in [3.8, 4) is 0 Å². The average Bonchev–Trinajstić information content (AvgIpc) is 1.35. The highest BCUT2D eigenvalue weighted by Gasteiger charge is 1.70. The summed E-state index contributed by atoms with van der Waals surface area (Å²) in [6, 6.07) is 0. The average molecular weight is 198 g/mol. The van der Waals surface area contributed by atoms with E-state index in [0.717, 1.165) is 3.58 Å². The lowest BCUT2D eigenvalue weighted by atomic mass is 10.6. The van der Waals surface area contributed by atoms with Gasteiger partial charge < -0.3 is 5.11 Å². The Balaban J connectivity index is 3.14. The van der Waals surface area contributed by atoms with Gasteiger partial charge in [0.25, 0.3) is 0 Å². The summed E-state index contributed by atoms with van der Waals surface area (Å²) in [5.41, 5.74) is 0. The van der Waals surface area contributed by atoms with Crippen LogP contribution in [0.2, 0.25) is 0 Å². The molecule has 36 valence electrons. The van der Waals surface area contributed by atoms with Gasteiger partial charge in [-0.2, -0.15) is 0 Å². The Morgan fingerprint density at radius 1 is 2.00 bits per heavy atom. The molecule has 6 heavy (non-hydrogen) atoms. The molecule has 0 saturated heterocycles. The molecular weight excluding hydrogens is 191 g/mol. The van der Waals surface area contributed by atoms with E-state index in [1.165, 1.54) is 0 Å². The van der Waals surface area contributed by atoms with Gasteiger partial charge in [-0.15, -0.1) is 0 Å². The second-order valence-corrected chi connectivity index (χ2v) is 2.68. The zero-order chi connectivity index (χ0) is 4.99. The number of aliphatic hydroxyl groups is 1. The number of allylic oxidation sites excluding steroid dienone is 1. The molecule has 0 unspecified atom stereocenters. The Morgan fingerprint density at radius 3 is 2.50 bits per heavy atom. The zero-order valence-electron chi connectivity index (χ0n) is 3.61. The van der Waals surface area contributed by atoms with E-state index in [4.69, 9.17) is 5.11 Å². The van der Waals surface area contributed by atoms with Crippen LogP contribution in [-0.2, 0) is 0 Å². The van der Waals surface area contributed by atoms with Gasteiger partial charge in [-0.25, -0.2) is 0 Å². The van der Waals surface area contributed by atoms with E-state index in [0.29, 0.717) is 0 Å². The fraction of sp³-hybridized carbons (Fsp3) is 0.500. The monoisotopic (exact) mass is 198 g/mol. The van der Waals surface area contributed by atoms with Crippen molar-refractivity contribution in [2.45, 2.75) is 6.92 Å². The highest BCUT2D eigenvalue weighted by atomic mass is 127. The predicted molar refractivity (Wildman–Crippen MR) is 34.9 cm³/mol. The van der Waals surface area contributed by atoms with E-state index in [9.17, 15) is 0 Å². The molecular formula is C4H7IO.